The van der Waals surface area contributed by atoms with Gasteiger partial charge in [-0.05, 0) is 44.0 Å². The van der Waals surface area contributed by atoms with E-state index in [0.29, 0.717) is 6.04 Å². The highest BCUT2D eigenvalue weighted by Gasteiger charge is 2.18. The molecule has 1 aliphatic heterocycles. The second kappa shape index (κ2) is 6.72. The Labute approximate surface area is 111 Å². The van der Waals surface area contributed by atoms with Crippen molar-refractivity contribution in [3.63, 3.8) is 0 Å². The monoisotopic (exact) mass is 244 g/mol. The van der Waals surface area contributed by atoms with Crippen LogP contribution in [-0.2, 0) is 13.0 Å². The van der Waals surface area contributed by atoms with Crippen LogP contribution in [-0.4, -0.2) is 31.1 Å². The Kier molecular flexibility index (Phi) is 4.97. The van der Waals surface area contributed by atoms with Crippen molar-refractivity contribution >= 4 is 0 Å². The van der Waals surface area contributed by atoms with Gasteiger partial charge < -0.3 is 10.2 Å². The van der Waals surface area contributed by atoms with Crippen LogP contribution in [0.3, 0.4) is 0 Å². The zero-order chi connectivity index (χ0) is 12.8. The van der Waals surface area contributed by atoms with Crippen LogP contribution < -0.4 is 5.32 Å². The van der Waals surface area contributed by atoms with Crippen molar-refractivity contribution in [3.8, 4) is 0 Å². The van der Waals surface area contributed by atoms with E-state index in [1.165, 1.54) is 17.5 Å². The van der Waals surface area contributed by atoms with Crippen molar-refractivity contribution in [1.29, 1.82) is 0 Å². The summed E-state index contributed by atoms with van der Waals surface area (Å²) in [6.07, 6.45) is 5.49. The van der Waals surface area contributed by atoms with Gasteiger partial charge in [-0.3, -0.25) is 0 Å². The van der Waals surface area contributed by atoms with Crippen molar-refractivity contribution in [2.75, 3.05) is 20.1 Å². The van der Waals surface area contributed by atoms with Gasteiger partial charge >= 0.3 is 0 Å². The second-order valence-corrected chi connectivity index (χ2v) is 5.24. The maximum Gasteiger partial charge on any atom is 0.0238 e. The number of nitrogens with zero attached hydrogens (tertiary/aromatic N) is 1. The molecule has 1 aromatic carbocycles. The average molecular weight is 244 g/mol. The van der Waals surface area contributed by atoms with E-state index in [1.807, 2.05) is 6.08 Å². The first-order valence-corrected chi connectivity index (χ1v) is 6.89. The van der Waals surface area contributed by atoms with Crippen LogP contribution in [0.15, 0.2) is 36.9 Å². The fourth-order valence-corrected chi connectivity index (χ4v) is 2.62. The zero-order valence-corrected chi connectivity index (χ0v) is 11.4. The van der Waals surface area contributed by atoms with Crippen LogP contribution in [0.1, 0.15) is 24.0 Å². The van der Waals surface area contributed by atoms with E-state index in [0.717, 1.165) is 32.5 Å². The van der Waals surface area contributed by atoms with Crippen molar-refractivity contribution < 1.29 is 0 Å². The summed E-state index contributed by atoms with van der Waals surface area (Å²) in [5.41, 5.74) is 2.98. The SMILES string of the molecule is C=CCCCN(C)CC1Cc2ccccc2CN1. The third-order valence-corrected chi connectivity index (χ3v) is 3.65. The number of unbranched alkanes of at least 4 members (excludes halogenated alkanes) is 1. The lowest BCUT2D eigenvalue weighted by Gasteiger charge is -2.29. The minimum atomic E-state index is 0.591. The van der Waals surface area contributed by atoms with Crippen LogP contribution in [0, 0.1) is 0 Å². The summed E-state index contributed by atoms with van der Waals surface area (Å²) in [6, 6.07) is 9.36. The molecule has 0 spiro atoms. The van der Waals surface area contributed by atoms with Crippen molar-refractivity contribution in [2.45, 2.75) is 31.8 Å². The molecule has 0 aliphatic carbocycles. The first-order valence-electron chi connectivity index (χ1n) is 6.89. The summed E-state index contributed by atoms with van der Waals surface area (Å²) >= 11 is 0. The van der Waals surface area contributed by atoms with E-state index >= 15 is 0 Å². The Morgan fingerprint density at radius 2 is 2.17 bits per heavy atom. The standard InChI is InChI=1S/C16H24N2/c1-3-4-7-10-18(2)13-16-11-14-8-5-6-9-15(14)12-17-16/h3,5-6,8-9,16-17H,1,4,7,10-13H2,2H3. The van der Waals surface area contributed by atoms with Gasteiger partial charge in [-0.1, -0.05) is 30.3 Å². The van der Waals surface area contributed by atoms with E-state index < -0.39 is 0 Å². The van der Waals surface area contributed by atoms with Gasteiger partial charge in [-0.25, -0.2) is 0 Å². The highest BCUT2D eigenvalue weighted by Crippen LogP contribution is 2.16. The van der Waals surface area contributed by atoms with Gasteiger partial charge in [0.05, 0.1) is 0 Å². The number of likely N-dealkylation sites (N-methyl/N-ethyl adjacent to an activating group) is 1. The minimum absolute atomic E-state index is 0.591. The molecule has 1 atom stereocenters. The largest absolute Gasteiger partial charge is 0.308 e. The molecule has 2 rings (SSSR count). The van der Waals surface area contributed by atoms with Crippen LogP contribution >= 0.6 is 0 Å². The van der Waals surface area contributed by atoms with Crippen molar-refractivity contribution in [2.24, 2.45) is 0 Å². The van der Waals surface area contributed by atoms with Gasteiger partial charge in [-0.2, -0.15) is 0 Å². The van der Waals surface area contributed by atoms with Gasteiger partial charge in [0.1, 0.15) is 0 Å². The number of hydrogen-bond donors (Lipinski definition) is 1. The van der Waals surface area contributed by atoms with E-state index in [4.69, 9.17) is 0 Å². The Hall–Kier alpha value is -1.12. The van der Waals surface area contributed by atoms with Crippen LogP contribution in [0.4, 0.5) is 0 Å². The predicted octanol–water partition coefficient (Wildman–Crippen LogP) is 2.60. The van der Waals surface area contributed by atoms with E-state index in [2.05, 4.69) is 48.1 Å². The fourth-order valence-electron chi connectivity index (χ4n) is 2.62. The quantitative estimate of drug-likeness (QED) is 0.611. The lowest BCUT2D eigenvalue weighted by Crippen LogP contribution is -2.43. The molecule has 0 saturated heterocycles. The maximum atomic E-state index is 3.77. The molecule has 2 nitrogen and oxygen atoms in total. The molecule has 0 aromatic heterocycles. The maximum absolute atomic E-state index is 3.77. The number of benzene rings is 1. The topological polar surface area (TPSA) is 15.3 Å². The molecule has 1 aliphatic rings. The fraction of sp³-hybridized carbons (Fsp3) is 0.500. The molecule has 98 valence electrons. The molecule has 1 N–H and O–H groups in total. The molecule has 0 saturated carbocycles. The number of hydrogen-bond acceptors (Lipinski definition) is 2. The van der Waals surface area contributed by atoms with E-state index in [1.54, 1.807) is 0 Å². The molecule has 1 heterocycles. The summed E-state index contributed by atoms with van der Waals surface area (Å²) in [7, 11) is 2.21. The Balaban J connectivity index is 1.80. The first kappa shape index (κ1) is 13.3. The summed E-state index contributed by atoms with van der Waals surface area (Å²) in [5.74, 6) is 0. The van der Waals surface area contributed by atoms with Gasteiger partial charge in [0.2, 0.25) is 0 Å². The Morgan fingerprint density at radius 3 is 2.94 bits per heavy atom. The number of fused-ring (bicyclic) bond motifs is 1. The Bertz CT molecular complexity index is 386. The summed E-state index contributed by atoms with van der Waals surface area (Å²) < 4.78 is 0. The molecule has 1 unspecified atom stereocenters. The lowest BCUT2D eigenvalue weighted by atomic mass is 9.96. The first-order chi connectivity index (χ1) is 8.79. The normalized spacial score (nSPS) is 18.7. The highest BCUT2D eigenvalue weighted by molar-refractivity contribution is 5.29. The van der Waals surface area contributed by atoms with Gasteiger partial charge in [0.15, 0.2) is 0 Å². The zero-order valence-electron chi connectivity index (χ0n) is 11.4. The predicted molar refractivity (Wildman–Crippen MR) is 77.7 cm³/mol. The summed E-state index contributed by atoms with van der Waals surface area (Å²) in [5, 5.41) is 3.63. The van der Waals surface area contributed by atoms with Crippen LogP contribution in [0.5, 0.6) is 0 Å². The number of allylic oxidation sites excluding steroid dienone is 1. The van der Waals surface area contributed by atoms with E-state index in [-0.39, 0.29) is 0 Å². The second-order valence-electron chi connectivity index (χ2n) is 5.24. The van der Waals surface area contributed by atoms with Crippen LogP contribution in [0.25, 0.3) is 0 Å². The summed E-state index contributed by atoms with van der Waals surface area (Å²) in [6.45, 7) is 7.07. The highest BCUT2D eigenvalue weighted by atomic mass is 15.1. The van der Waals surface area contributed by atoms with E-state index in [9.17, 15) is 0 Å². The third-order valence-electron chi connectivity index (χ3n) is 3.65. The number of rotatable bonds is 6. The molecule has 1 aromatic rings. The molecular weight excluding hydrogens is 220 g/mol. The van der Waals surface area contributed by atoms with Crippen molar-refractivity contribution in [1.82, 2.24) is 10.2 Å². The van der Waals surface area contributed by atoms with Crippen LogP contribution in [0.2, 0.25) is 0 Å². The average Bonchev–Trinajstić information content (AvgIpc) is 2.39. The molecule has 0 amide bonds. The molecular formula is C16H24N2. The van der Waals surface area contributed by atoms with Gasteiger partial charge in [0.25, 0.3) is 0 Å². The molecule has 0 bridgehead atoms. The van der Waals surface area contributed by atoms with Crippen molar-refractivity contribution in [3.05, 3.63) is 48.0 Å². The molecule has 2 heteroatoms. The lowest BCUT2D eigenvalue weighted by molar-refractivity contribution is 0.278. The molecule has 0 radical (unpaired) electrons. The Morgan fingerprint density at radius 1 is 1.39 bits per heavy atom. The van der Waals surface area contributed by atoms with Gasteiger partial charge in [-0.15, -0.1) is 6.58 Å². The molecule has 18 heavy (non-hydrogen) atoms. The minimum Gasteiger partial charge on any atom is -0.308 e. The number of nitrogens with one attached hydrogen (secondary N) is 1. The summed E-state index contributed by atoms with van der Waals surface area (Å²) in [4.78, 5) is 2.43. The molecule has 0 fully saturated rings. The van der Waals surface area contributed by atoms with Gasteiger partial charge in [0, 0.05) is 19.1 Å². The third kappa shape index (κ3) is 3.69. The smallest absolute Gasteiger partial charge is 0.0238 e.